The van der Waals surface area contributed by atoms with Gasteiger partial charge >= 0.3 is 10.0 Å². The van der Waals surface area contributed by atoms with E-state index < -0.39 is 10.0 Å². The Hall–Kier alpha value is -1.94. The van der Waals surface area contributed by atoms with Gasteiger partial charge in [-0.05, 0) is 18.6 Å². The minimum Gasteiger partial charge on any atom is -0.158 e. The topological polar surface area (TPSA) is 37.1 Å². The maximum atomic E-state index is 12.4. The van der Waals surface area contributed by atoms with Crippen LogP contribution in [0.25, 0.3) is 0 Å². The molecule has 0 aliphatic rings. The number of sulfonamides is 1. The lowest BCUT2D eigenvalue weighted by molar-refractivity contribution is -0.249. The number of rotatable bonds is 3. The second kappa shape index (κ2) is 4.74. The first-order valence-corrected chi connectivity index (χ1v) is 6.94. The molecule has 0 N–H and O–H groups in total. The summed E-state index contributed by atoms with van der Waals surface area (Å²) in [5.74, 6) is 0. The summed E-state index contributed by atoms with van der Waals surface area (Å²) in [6.07, 6.45) is 0. The Kier molecular flexibility index (Phi) is 3.30. The number of para-hydroxylation sites is 1. The summed E-state index contributed by atoms with van der Waals surface area (Å²) in [7, 11) is -3.60. The first-order valence-electron chi connectivity index (χ1n) is 5.50. The van der Waals surface area contributed by atoms with Crippen molar-refractivity contribution in [2.75, 3.05) is 0 Å². The van der Waals surface area contributed by atoms with Gasteiger partial charge in [0, 0.05) is 12.1 Å². The van der Waals surface area contributed by atoms with E-state index in [1.165, 1.54) is 0 Å². The van der Waals surface area contributed by atoms with Gasteiger partial charge in [-0.1, -0.05) is 40.4 Å². The zero-order chi connectivity index (χ0) is 13.2. The Morgan fingerprint density at radius 1 is 0.944 bits per heavy atom. The molecule has 0 unspecified atom stereocenters. The van der Waals surface area contributed by atoms with Crippen LogP contribution in [-0.4, -0.2) is 19.1 Å². The average molecular weight is 260 g/mol. The molecule has 2 aromatic rings. The molecule has 0 spiro atoms. The van der Waals surface area contributed by atoms with E-state index >= 15 is 0 Å². The third-order valence-electron chi connectivity index (χ3n) is 2.71. The van der Waals surface area contributed by atoms with Crippen molar-refractivity contribution in [1.82, 2.24) is 0 Å². The van der Waals surface area contributed by atoms with Gasteiger partial charge in [-0.3, -0.25) is 0 Å². The molecule has 0 amide bonds. The molecule has 0 aliphatic carbocycles. The van der Waals surface area contributed by atoms with E-state index in [-0.39, 0.29) is 4.90 Å². The highest BCUT2D eigenvalue weighted by molar-refractivity contribution is 7.85. The Morgan fingerprint density at radius 3 is 2.11 bits per heavy atom. The van der Waals surface area contributed by atoms with Crippen molar-refractivity contribution >= 4 is 22.4 Å². The molecule has 0 fully saturated rings. The van der Waals surface area contributed by atoms with E-state index in [4.69, 9.17) is 0 Å². The van der Waals surface area contributed by atoms with Crippen molar-refractivity contribution in [2.24, 2.45) is 0 Å². The fourth-order valence-corrected chi connectivity index (χ4v) is 3.06. The van der Waals surface area contributed by atoms with E-state index in [0.717, 1.165) is 3.98 Å². The molecule has 0 heterocycles. The summed E-state index contributed by atoms with van der Waals surface area (Å²) >= 11 is 0. The van der Waals surface area contributed by atoms with Gasteiger partial charge in [0.05, 0.1) is 0 Å². The van der Waals surface area contributed by atoms with Crippen LogP contribution in [0.4, 0.5) is 5.69 Å². The summed E-state index contributed by atoms with van der Waals surface area (Å²) in [6, 6.07) is 15.7. The maximum Gasteiger partial charge on any atom is 0.400 e. The maximum absolute atomic E-state index is 12.4. The third-order valence-corrected chi connectivity index (χ3v) is 4.51. The fourth-order valence-electron chi connectivity index (χ4n) is 1.70. The summed E-state index contributed by atoms with van der Waals surface area (Å²) in [5, 5.41) is 0. The molecule has 0 atom stereocenters. The van der Waals surface area contributed by atoms with Crippen LogP contribution < -0.4 is 0 Å². The molecule has 0 saturated carbocycles. The predicted molar refractivity (Wildman–Crippen MR) is 71.8 cm³/mol. The molecule has 2 rings (SSSR count). The highest BCUT2D eigenvalue weighted by Crippen LogP contribution is 2.22. The first kappa shape index (κ1) is 12.5. The molecule has 0 aliphatic heterocycles. The molecule has 2 aromatic carbocycles. The monoisotopic (exact) mass is 260 g/mol. The van der Waals surface area contributed by atoms with Crippen molar-refractivity contribution in [3.63, 3.8) is 0 Å². The van der Waals surface area contributed by atoms with Crippen molar-refractivity contribution in [3.8, 4) is 0 Å². The first-order chi connectivity index (χ1) is 8.53. The van der Waals surface area contributed by atoms with Crippen LogP contribution in [0.3, 0.4) is 0 Å². The molecule has 0 radical (unpaired) electrons. The molecule has 4 heteroatoms. The second-order valence-electron chi connectivity index (χ2n) is 3.95. The van der Waals surface area contributed by atoms with Crippen molar-refractivity contribution in [3.05, 3.63) is 60.2 Å². The minimum absolute atomic E-state index is 0.281. The SMILES string of the molecule is C=[N+](c1ccccc1)S(=O)(=O)c1ccccc1C. The average Bonchev–Trinajstić information content (AvgIpc) is 2.39. The quantitative estimate of drug-likeness (QED) is 0.628. The molecular formula is C14H14NO2S+. The molecule has 92 valence electrons. The summed E-state index contributed by atoms with van der Waals surface area (Å²) in [6.45, 7) is 5.41. The van der Waals surface area contributed by atoms with Crippen LogP contribution in [0.15, 0.2) is 59.5 Å². The molecule has 3 nitrogen and oxygen atoms in total. The normalized spacial score (nSPS) is 11.2. The molecular weight excluding hydrogens is 246 g/mol. The lowest BCUT2D eigenvalue weighted by atomic mass is 10.2. The van der Waals surface area contributed by atoms with Crippen molar-refractivity contribution in [2.45, 2.75) is 11.8 Å². The standard InChI is InChI=1S/C14H14NO2S/c1-12-8-6-7-11-14(12)18(16,17)15(2)13-9-4-3-5-10-13/h3-11H,2H2,1H3/q+1. The van der Waals surface area contributed by atoms with E-state index in [9.17, 15) is 8.42 Å². The minimum atomic E-state index is -3.60. The zero-order valence-corrected chi connectivity index (χ0v) is 10.9. The summed E-state index contributed by atoms with van der Waals surface area (Å²) in [4.78, 5) is 0.281. The van der Waals surface area contributed by atoms with Crippen LogP contribution in [-0.2, 0) is 10.0 Å². The fraction of sp³-hybridized carbons (Fsp3) is 0.0714. The summed E-state index contributed by atoms with van der Waals surface area (Å²) in [5.41, 5.74) is 1.25. The van der Waals surface area contributed by atoms with Gasteiger partial charge in [-0.15, -0.1) is 0 Å². The lowest BCUT2D eigenvalue weighted by Crippen LogP contribution is -2.16. The van der Waals surface area contributed by atoms with Gasteiger partial charge in [0.25, 0.3) is 0 Å². The molecule has 18 heavy (non-hydrogen) atoms. The van der Waals surface area contributed by atoms with Gasteiger partial charge < -0.3 is 0 Å². The number of hydrogen-bond donors (Lipinski definition) is 0. The Balaban J connectivity index is 2.51. The smallest absolute Gasteiger partial charge is 0.158 e. The Bertz CT molecular complexity index is 676. The Labute approximate surface area is 107 Å². The number of benzene rings is 2. The second-order valence-corrected chi connectivity index (χ2v) is 5.79. The largest absolute Gasteiger partial charge is 0.400 e. The van der Waals surface area contributed by atoms with E-state index in [1.807, 2.05) is 12.1 Å². The third kappa shape index (κ3) is 2.19. The van der Waals surface area contributed by atoms with Crippen LogP contribution in [0, 0.1) is 6.92 Å². The van der Waals surface area contributed by atoms with E-state index in [0.29, 0.717) is 11.3 Å². The van der Waals surface area contributed by atoms with Crippen molar-refractivity contribution < 1.29 is 12.4 Å². The van der Waals surface area contributed by atoms with Crippen LogP contribution in [0.2, 0.25) is 0 Å². The number of hydrogen-bond acceptors (Lipinski definition) is 2. The Morgan fingerprint density at radius 2 is 1.50 bits per heavy atom. The van der Waals surface area contributed by atoms with Gasteiger partial charge in [0.1, 0.15) is 4.90 Å². The van der Waals surface area contributed by atoms with Gasteiger partial charge in [-0.25, -0.2) is 0 Å². The zero-order valence-electron chi connectivity index (χ0n) is 10.1. The number of aryl methyl sites for hydroxylation is 1. The molecule has 0 saturated heterocycles. The van der Waals surface area contributed by atoms with Crippen LogP contribution in [0.1, 0.15) is 5.56 Å². The molecule has 0 aromatic heterocycles. The summed E-state index contributed by atoms with van der Waals surface area (Å²) < 4.78 is 25.9. The van der Waals surface area contributed by atoms with Gasteiger partial charge in [0.15, 0.2) is 6.72 Å². The van der Waals surface area contributed by atoms with E-state index in [1.54, 1.807) is 49.4 Å². The van der Waals surface area contributed by atoms with Crippen molar-refractivity contribution in [1.29, 1.82) is 0 Å². The highest BCUT2D eigenvalue weighted by Gasteiger charge is 2.28. The van der Waals surface area contributed by atoms with E-state index in [2.05, 4.69) is 6.72 Å². The van der Waals surface area contributed by atoms with Gasteiger partial charge in [0.2, 0.25) is 5.69 Å². The highest BCUT2D eigenvalue weighted by atomic mass is 32.2. The lowest BCUT2D eigenvalue weighted by Gasteiger charge is -2.04. The molecule has 0 bridgehead atoms. The van der Waals surface area contributed by atoms with Gasteiger partial charge in [-0.2, -0.15) is 8.42 Å². The van der Waals surface area contributed by atoms with Crippen LogP contribution in [0.5, 0.6) is 0 Å². The van der Waals surface area contributed by atoms with Crippen LogP contribution >= 0.6 is 0 Å². The predicted octanol–water partition coefficient (Wildman–Crippen LogP) is 2.73. The number of nitrogens with zero attached hydrogens (tertiary/aromatic N) is 1.